The fourth-order valence-corrected chi connectivity index (χ4v) is 4.34. The number of carbonyl (C=O) groups excluding carboxylic acids is 1. The predicted octanol–water partition coefficient (Wildman–Crippen LogP) is 3.98. The Bertz CT molecular complexity index is 566. The van der Waals surface area contributed by atoms with Gasteiger partial charge >= 0.3 is 6.03 Å². The van der Waals surface area contributed by atoms with Crippen LogP contribution in [0.5, 0.6) is 0 Å². The van der Waals surface area contributed by atoms with Gasteiger partial charge in [-0.1, -0.05) is 25.7 Å². The van der Waals surface area contributed by atoms with E-state index in [4.69, 9.17) is 0 Å². The zero-order valence-electron chi connectivity index (χ0n) is 13.4. The highest BCUT2D eigenvalue weighted by Crippen LogP contribution is 2.49. The molecule has 3 rings (SSSR count). The van der Waals surface area contributed by atoms with Crippen molar-refractivity contribution in [3.8, 4) is 0 Å². The third-order valence-electron chi connectivity index (χ3n) is 5.50. The quantitative estimate of drug-likeness (QED) is 0.882. The number of nitrogens with zero attached hydrogens (tertiary/aromatic N) is 2. The van der Waals surface area contributed by atoms with Crippen molar-refractivity contribution >= 4 is 11.7 Å². The number of anilines is 1. The molecule has 1 spiro atoms. The first kappa shape index (κ1) is 16.2. The average Bonchev–Trinajstić information content (AvgIpc) is 3.05. The van der Waals surface area contributed by atoms with Gasteiger partial charge < -0.3 is 10.6 Å². The summed E-state index contributed by atoms with van der Waals surface area (Å²) < 4.78 is 27.2. The standard InChI is InChI=1S/C16H24F2N4O/c1-22-13(14(17)18)11(10-19-22)20-15(23)21-12-6-5-9-16(12)7-3-2-4-8-16/h10,12,14H,2-9H2,1H3,(H2,20,21,23). The second-order valence-electron chi connectivity index (χ2n) is 6.83. The number of halogens is 2. The Hall–Kier alpha value is -1.66. The van der Waals surface area contributed by atoms with E-state index in [1.165, 1.54) is 32.5 Å². The van der Waals surface area contributed by atoms with E-state index in [2.05, 4.69) is 15.7 Å². The molecule has 0 aliphatic heterocycles. The number of aromatic nitrogens is 2. The van der Waals surface area contributed by atoms with Crippen LogP contribution in [0.25, 0.3) is 0 Å². The van der Waals surface area contributed by atoms with E-state index in [1.54, 1.807) is 0 Å². The van der Waals surface area contributed by atoms with Crippen molar-refractivity contribution in [2.45, 2.75) is 63.8 Å². The Labute approximate surface area is 134 Å². The largest absolute Gasteiger partial charge is 0.335 e. The number of hydrogen-bond acceptors (Lipinski definition) is 2. The van der Waals surface area contributed by atoms with Crippen LogP contribution >= 0.6 is 0 Å². The number of carbonyl (C=O) groups is 1. The van der Waals surface area contributed by atoms with Gasteiger partial charge in [0.25, 0.3) is 6.43 Å². The minimum atomic E-state index is -2.67. The molecule has 2 fully saturated rings. The van der Waals surface area contributed by atoms with Gasteiger partial charge in [0.2, 0.25) is 0 Å². The Morgan fingerprint density at radius 3 is 2.70 bits per heavy atom. The lowest BCUT2D eigenvalue weighted by Crippen LogP contribution is -2.47. The lowest BCUT2D eigenvalue weighted by atomic mass is 9.70. The third kappa shape index (κ3) is 3.19. The number of aryl methyl sites for hydroxylation is 1. The number of nitrogens with one attached hydrogen (secondary N) is 2. The Balaban J connectivity index is 1.65. The molecule has 1 atom stereocenters. The summed E-state index contributed by atoms with van der Waals surface area (Å²) in [5, 5.41) is 9.38. The van der Waals surface area contributed by atoms with Crippen LogP contribution in [0, 0.1) is 5.41 Å². The molecule has 0 radical (unpaired) electrons. The predicted molar refractivity (Wildman–Crippen MR) is 83.5 cm³/mol. The van der Waals surface area contributed by atoms with Crippen LogP contribution in [0.3, 0.4) is 0 Å². The summed E-state index contributed by atoms with van der Waals surface area (Å²) in [7, 11) is 1.44. The molecule has 23 heavy (non-hydrogen) atoms. The van der Waals surface area contributed by atoms with Gasteiger partial charge in [-0.25, -0.2) is 13.6 Å². The molecular weight excluding hydrogens is 302 g/mol. The van der Waals surface area contributed by atoms with E-state index >= 15 is 0 Å². The first-order chi connectivity index (χ1) is 11.0. The molecule has 128 valence electrons. The van der Waals surface area contributed by atoms with E-state index in [-0.39, 0.29) is 22.8 Å². The molecule has 1 aromatic rings. The summed E-state index contributed by atoms with van der Waals surface area (Å²) in [5.74, 6) is 0. The molecule has 0 bridgehead atoms. The van der Waals surface area contributed by atoms with Crippen molar-refractivity contribution < 1.29 is 13.6 Å². The number of amides is 2. The monoisotopic (exact) mass is 326 g/mol. The van der Waals surface area contributed by atoms with Crippen LogP contribution in [0.15, 0.2) is 6.20 Å². The highest BCUT2D eigenvalue weighted by molar-refractivity contribution is 5.90. The van der Waals surface area contributed by atoms with Gasteiger partial charge in [0.15, 0.2) is 0 Å². The van der Waals surface area contributed by atoms with Crippen molar-refractivity contribution in [2.24, 2.45) is 12.5 Å². The van der Waals surface area contributed by atoms with Crippen LogP contribution in [0.4, 0.5) is 19.3 Å². The second kappa shape index (κ2) is 6.45. The van der Waals surface area contributed by atoms with E-state index in [9.17, 15) is 13.6 Å². The number of hydrogen-bond donors (Lipinski definition) is 2. The van der Waals surface area contributed by atoms with Crippen molar-refractivity contribution in [3.05, 3.63) is 11.9 Å². The molecule has 0 aromatic carbocycles. The lowest BCUT2D eigenvalue weighted by Gasteiger charge is -2.39. The fraction of sp³-hybridized carbons (Fsp3) is 0.750. The molecule has 2 amide bonds. The molecule has 2 aliphatic rings. The minimum Gasteiger partial charge on any atom is -0.335 e. The maximum Gasteiger partial charge on any atom is 0.319 e. The highest BCUT2D eigenvalue weighted by atomic mass is 19.3. The molecule has 5 nitrogen and oxygen atoms in total. The molecule has 1 heterocycles. The molecule has 2 aliphatic carbocycles. The van der Waals surface area contributed by atoms with Crippen LogP contribution in [0.1, 0.15) is 63.5 Å². The van der Waals surface area contributed by atoms with Crippen LogP contribution in [-0.2, 0) is 7.05 Å². The maximum absolute atomic E-state index is 13.0. The van der Waals surface area contributed by atoms with Gasteiger partial charge in [0.05, 0.1) is 11.9 Å². The number of urea groups is 1. The van der Waals surface area contributed by atoms with Crippen molar-refractivity contribution in [2.75, 3.05) is 5.32 Å². The molecule has 1 unspecified atom stereocenters. The molecular formula is C16H24F2N4O. The van der Waals surface area contributed by atoms with Crippen LogP contribution in [0.2, 0.25) is 0 Å². The summed E-state index contributed by atoms with van der Waals surface area (Å²) in [6, 6.07) is -0.258. The first-order valence-corrected chi connectivity index (χ1v) is 8.39. The molecule has 1 aromatic heterocycles. The minimum absolute atomic E-state index is 0.0793. The van der Waals surface area contributed by atoms with Crippen LogP contribution < -0.4 is 10.6 Å². The van der Waals surface area contributed by atoms with Crippen LogP contribution in [-0.4, -0.2) is 21.9 Å². The number of rotatable bonds is 3. The zero-order chi connectivity index (χ0) is 16.4. The summed E-state index contributed by atoms with van der Waals surface area (Å²) in [5.41, 5.74) is 0.0328. The van der Waals surface area contributed by atoms with E-state index < -0.39 is 12.5 Å². The Morgan fingerprint density at radius 1 is 1.30 bits per heavy atom. The topological polar surface area (TPSA) is 59.0 Å². The van der Waals surface area contributed by atoms with E-state index in [0.717, 1.165) is 36.8 Å². The molecule has 2 saturated carbocycles. The van der Waals surface area contributed by atoms with E-state index in [1.807, 2.05) is 0 Å². The summed E-state index contributed by atoms with van der Waals surface area (Å²) >= 11 is 0. The van der Waals surface area contributed by atoms with Crippen molar-refractivity contribution in [3.63, 3.8) is 0 Å². The Morgan fingerprint density at radius 2 is 2.00 bits per heavy atom. The van der Waals surface area contributed by atoms with Gasteiger partial charge in [-0.15, -0.1) is 0 Å². The van der Waals surface area contributed by atoms with Crippen molar-refractivity contribution in [1.29, 1.82) is 0 Å². The zero-order valence-corrected chi connectivity index (χ0v) is 13.4. The summed E-state index contributed by atoms with van der Waals surface area (Å²) in [6.07, 6.45) is 7.89. The molecule has 7 heteroatoms. The van der Waals surface area contributed by atoms with Gasteiger partial charge in [-0.05, 0) is 31.1 Å². The fourth-order valence-electron chi connectivity index (χ4n) is 4.34. The van der Waals surface area contributed by atoms with Gasteiger partial charge in [0, 0.05) is 13.1 Å². The average molecular weight is 326 g/mol. The third-order valence-corrected chi connectivity index (χ3v) is 5.50. The summed E-state index contributed by atoms with van der Waals surface area (Å²) in [4.78, 5) is 12.3. The lowest BCUT2D eigenvalue weighted by molar-refractivity contribution is 0.141. The SMILES string of the molecule is Cn1ncc(NC(=O)NC2CCCC23CCCCC3)c1C(F)F. The molecule has 0 saturated heterocycles. The highest BCUT2D eigenvalue weighted by Gasteiger charge is 2.43. The number of alkyl halides is 2. The molecule has 2 N–H and O–H groups in total. The summed E-state index contributed by atoms with van der Waals surface area (Å²) in [6.45, 7) is 0. The van der Waals surface area contributed by atoms with Crippen molar-refractivity contribution in [1.82, 2.24) is 15.1 Å². The normalized spacial score (nSPS) is 23.4. The smallest absolute Gasteiger partial charge is 0.319 e. The van der Waals surface area contributed by atoms with E-state index in [0.29, 0.717) is 0 Å². The van der Waals surface area contributed by atoms with Gasteiger partial charge in [0.1, 0.15) is 5.69 Å². The second-order valence-corrected chi connectivity index (χ2v) is 6.83. The van der Waals surface area contributed by atoms with Gasteiger partial charge in [-0.3, -0.25) is 4.68 Å². The van der Waals surface area contributed by atoms with Gasteiger partial charge in [-0.2, -0.15) is 5.10 Å². The first-order valence-electron chi connectivity index (χ1n) is 8.39. The maximum atomic E-state index is 13.0. The Kier molecular flexibility index (Phi) is 4.55.